The second kappa shape index (κ2) is 11.9. The standard InChI is InChI=1S/C13H30N2O3/c1-4-5-6-7-8-9-10-15(17)14-13(11-18-3)12(2)16/h12-14,16-17H,4-11H2,1-3H3. The lowest BCUT2D eigenvalue weighted by atomic mass is 10.1. The Morgan fingerprint density at radius 1 is 1.17 bits per heavy atom. The van der Waals surface area contributed by atoms with E-state index in [1.54, 1.807) is 14.0 Å². The molecule has 0 heterocycles. The SMILES string of the molecule is CCCCCCCCN(O)NC(COC)C(C)O. The zero-order valence-corrected chi connectivity index (χ0v) is 12.1. The number of nitrogens with one attached hydrogen (secondary N) is 1. The van der Waals surface area contributed by atoms with Gasteiger partial charge in [0.2, 0.25) is 0 Å². The molecule has 0 saturated heterocycles. The first-order valence-electron chi connectivity index (χ1n) is 7.01. The largest absolute Gasteiger partial charge is 0.392 e. The van der Waals surface area contributed by atoms with Gasteiger partial charge >= 0.3 is 0 Å². The summed E-state index contributed by atoms with van der Waals surface area (Å²) in [6, 6.07) is -0.278. The van der Waals surface area contributed by atoms with E-state index < -0.39 is 6.10 Å². The van der Waals surface area contributed by atoms with Gasteiger partial charge in [-0.1, -0.05) is 39.0 Å². The third kappa shape index (κ3) is 9.79. The molecule has 0 aliphatic rings. The van der Waals surface area contributed by atoms with Crippen molar-refractivity contribution in [2.24, 2.45) is 0 Å². The summed E-state index contributed by atoms with van der Waals surface area (Å²) in [7, 11) is 1.58. The number of nitrogens with zero attached hydrogens (tertiary/aromatic N) is 1. The third-order valence-electron chi connectivity index (χ3n) is 2.97. The van der Waals surface area contributed by atoms with Crippen LogP contribution in [-0.4, -0.2) is 47.9 Å². The average Bonchev–Trinajstić information content (AvgIpc) is 2.33. The summed E-state index contributed by atoms with van der Waals surface area (Å²) in [6.07, 6.45) is 6.55. The minimum Gasteiger partial charge on any atom is -0.392 e. The van der Waals surface area contributed by atoms with Gasteiger partial charge in [-0.3, -0.25) is 5.21 Å². The van der Waals surface area contributed by atoms with E-state index in [-0.39, 0.29) is 6.04 Å². The van der Waals surface area contributed by atoms with Gasteiger partial charge in [-0.25, -0.2) is 5.43 Å². The summed E-state index contributed by atoms with van der Waals surface area (Å²) in [5.41, 5.74) is 2.83. The van der Waals surface area contributed by atoms with Gasteiger partial charge in [0.05, 0.1) is 18.8 Å². The van der Waals surface area contributed by atoms with Crippen LogP contribution in [0.3, 0.4) is 0 Å². The molecule has 110 valence electrons. The lowest BCUT2D eigenvalue weighted by Crippen LogP contribution is -2.50. The van der Waals surface area contributed by atoms with E-state index in [0.717, 1.165) is 18.0 Å². The number of hydrogen-bond acceptors (Lipinski definition) is 5. The molecule has 0 spiro atoms. The summed E-state index contributed by atoms with van der Waals surface area (Å²) < 4.78 is 4.98. The molecule has 5 nitrogen and oxygen atoms in total. The molecule has 2 unspecified atom stereocenters. The van der Waals surface area contributed by atoms with E-state index in [0.29, 0.717) is 13.2 Å². The van der Waals surface area contributed by atoms with Gasteiger partial charge in [0.1, 0.15) is 0 Å². The molecule has 0 aromatic heterocycles. The number of aliphatic hydroxyl groups excluding tert-OH is 1. The molecule has 5 heteroatoms. The molecule has 0 aromatic rings. The van der Waals surface area contributed by atoms with Crippen LogP contribution < -0.4 is 5.43 Å². The zero-order chi connectivity index (χ0) is 13.8. The lowest BCUT2D eigenvalue weighted by Gasteiger charge is -2.25. The highest BCUT2D eigenvalue weighted by Crippen LogP contribution is 2.05. The lowest BCUT2D eigenvalue weighted by molar-refractivity contribution is -0.159. The fraction of sp³-hybridized carbons (Fsp3) is 1.00. The fourth-order valence-corrected chi connectivity index (χ4v) is 1.76. The summed E-state index contributed by atoms with van der Waals surface area (Å²) in [5.74, 6) is 0. The molecule has 0 bridgehead atoms. The van der Waals surface area contributed by atoms with Gasteiger partial charge in [0.15, 0.2) is 0 Å². The number of hydroxylamine groups is 1. The first-order valence-corrected chi connectivity index (χ1v) is 7.01. The third-order valence-corrected chi connectivity index (χ3v) is 2.97. The minimum atomic E-state index is -0.566. The fourth-order valence-electron chi connectivity index (χ4n) is 1.76. The Kier molecular flexibility index (Phi) is 11.7. The van der Waals surface area contributed by atoms with Crippen LogP contribution in [-0.2, 0) is 4.74 Å². The molecule has 0 aromatic carbocycles. The van der Waals surface area contributed by atoms with Crippen molar-refractivity contribution < 1.29 is 15.1 Å². The van der Waals surface area contributed by atoms with Crippen molar-refractivity contribution in [2.75, 3.05) is 20.3 Å². The number of hydrogen-bond donors (Lipinski definition) is 3. The van der Waals surface area contributed by atoms with Gasteiger partial charge in [-0.05, 0) is 13.3 Å². The van der Waals surface area contributed by atoms with Crippen molar-refractivity contribution >= 4 is 0 Å². The topological polar surface area (TPSA) is 65.0 Å². The Morgan fingerprint density at radius 2 is 1.78 bits per heavy atom. The molecular weight excluding hydrogens is 232 g/mol. The summed E-state index contributed by atoms with van der Waals surface area (Å²) in [6.45, 7) is 4.81. The number of methoxy groups -OCH3 is 1. The number of rotatable bonds is 12. The van der Waals surface area contributed by atoms with Crippen molar-refractivity contribution in [3.63, 3.8) is 0 Å². The van der Waals surface area contributed by atoms with Crippen LogP contribution in [0.5, 0.6) is 0 Å². The van der Waals surface area contributed by atoms with Crippen molar-refractivity contribution in [3.05, 3.63) is 0 Å². The van der Waals surface area contributed by atoms with Gasteiger partial charge in [0, 0.05) is 13.7 Å². The number of aliphatic hydroxyl groups is 1. The van der Waals surface area contributed by atoms with Crippen molar-refractivity contribution in [1.82, 2.24) is 10.6 Å². The van der Waals surface area contributed by atoms with Crippen molar-refractivity contribution in [1.29, 1.82) is 0 Å². The van der Waals surface area contributed by atoms with Crippen LogP contribution in [0.15, 0.2) is 0 Å². The Bertz CT molecular complexity index is 180. The van der Waals surface area contributed by atoms with Gasteiger partial charge in [0.25, 0.3) is 0 Å². The first kappa shape index (κ1) is 17.8. The van der Waals surface area contributed by atoms with Crippen molar-refractivity contribution in [3.8, 4) is 0 Å². The van der Waals surface area contributed by atoms with Crippen LogP contribution in [0, 0.1) is 0 Å². The van der Waals surface area contributed by atoms with Crippen LogP contribution in [0.2, 0.25) is 0 Å². The molecule has 0 amide bonds. The molecule has 3 N–H and O–H groups in total. The van der Waals surface area contributed by atoms with E-state index in [9.17, 15) is 10.3 Å². The van der Waals surface area contributed by atoms with Crippen LogP contribution >= 0.6 is 0 Å². The Balaban J connectivity index is 3.58. The highest BCUT2D eigenvalue weighted by Gasteiger charge is 2.16. The highest BCUT2D eigenvalue weighted by atomic mass is 16.5. The summed E-state index contributed by atoms with van der Waals surface area (Å²) >= 11 is 0. The maximum atomic E-state index is 9.65. The van der Waals surface area contributed by atoms with Gasteiger partial charge in [-0.2, -0.15) is 0 Å². The number of unbranched alkanes of at least 4 members (excludes halogenated alkanes) is 5. The van der Waals surface area contributed by atoms with Crippen molar-refractivity contribution in [2.45, 2.75) is 64.5 Å². The molecule has 0 aliphatic heterocycles. The Morgan fingerprint density at radius 3 is 2.33 bits per heavy atom. The first-order chi connectivity index (χ1) is 8.61. The average molecular weight is 262 g/mol. The van der Waals surface area contributed by atoms with E-state index in [1.807, 2.05) is 0 Å². The monoisotopic (exact) mass is 262 g/mol. The smallest absolute Gasteiger partial charge is 0.0727 e. The highest BCUT2D eigenvalue weighted by molar-refractivity contribution is 4.69. The minimum absolute atomic E-state index is 0.278. The summed E-state index contributed by atoms with van der Waals surface area (Å²) in [4.78, 5) is 0. The van der Waals surface area contributed by atoms with Gasteiger partial charge < -0.3 is 9.84 Å². The molecular formula is C13H30N2O3. The Labute approximate surface area is 111 Å². The molecule has 0 radical (unpaired) electrons. The number of ether oxygens (including phenoxy) is 1. The summed E-state index contributed by atoms with van der Waals surface area (Å²) in [5, 5.41) is 20.2. The predicted molar refractivity (Wildman–Crippen MR) is 72.3 cm³/mol. The molecule has 0 aliphatic carbocycles. The molecule has 2 atom stereocenters. The molecule has 0 saturated carbocycles. The zero-order valence-electron chi connectivity index (χ0n) is 12.1. The second-order valence-electron chi connectivity index (χ2n) is 4.82. The normalized spacial score (nSPS) is 15.0. The van der Waals surface area contributed by atoms with Crippen LogP contribution in [0.4, 0.5) is 0 Å². The molecule has 0 fully saturated rings. The van der Waals surface area contributed by atoms with Crippen LogP contribution in [0.1, 0.15) is 52.4 Å². The maximum absolute atomic E-state index is 9.65. The Hall–Kier alpha value is -0.200. The van der Waals surface area contributed by atoms with E-state index in [2.05, 4.69) is 12.3 Å². The van der Waals surface area contributed by atoms with E-state index in [1.165, 1.54) is 25.7 Å². The van der Waals surface area contributed by atoms with Gasteiger partial charge in [-0.15, -0.1) is 5.17 Å². The quantitative estimate of drug-likeness (QED) is 0.370. The maximum Gasteiger partial charge on any atom is 0.0727 e. The van der Waals surface area contributed by atoms with E-state index >= 15 is 0 Å². The van der Waals surface area contributed by atoms with Crippen LogP contribution in [0.25, 0.3) is 0 Å². The molecule has 0 rings (SSSR count). The second-order valence-corrected chi connectivity index (χ2v) is 4.82. The number of hydrazine groups is 1. The molecule has 18 heavy (non-hydrogen) atoms. The van der Waals surface area contributed by atoms with E-state index in [4.69, 9.17) is 4.74 Å². The predicted octanol–water partition coefficient (Wildman–Crippen LogP) is 1.94.